The summed E-state index contributed by atoms with van der Waals surface area (Å²) in [5.74, 6) is 0.899. The topological polar surface area (TPSA) is 9.23 Å². The predicted octanol–water partition coefficient (Wildman–Crippen LogP) is 5.92. The molecule has 1 nitrogen and oxygen atoms in total. The molecular weight excluding hydrogens is 336 g/mol. The second-order valence-corrected chi connectivity index (χ2v) is 6.43. The van der Waals surface area contributed by atoms with Crippen molar-refractivity contribution < 1.29 is 4.74 Å². The molecule has 0 aromatic heterocycles. The van der Waals surface area contributed by atoms with Crippen molar-refractivity contribution in [3.8, 4) is 5.75 Å². The van der Waals surface area contributed by atoms with Crippen LogP contribution in [0, 0.1) is 6.92 Å². The molecule has 2 aromatic carbocycles. The standard InChI is InChI=1S/C17H18BrClO/c1-11(2)20-15-7-4-13(5-8-15)17(18)14-6-9-16(19)12(3)10-14/h4-11,17H,1-3H3. The number of benzene rings is 2. The van der Waals surface area contributed by atoms with E-state index < -0.39 is 0 Å². The molecule has 1 atom stereocenters. The molecule has 2 aromatic rings. The van der Waals surface area contributed by atoms with Crippen molar-refractivity contribution in [2.75, 3.05) is 0 Å². The first-order chi connectivity index (χ1) is 9.47. The highest BCUT2D eigenvalue weighted by Crippen LogP contribution is 2.33. The van der Waals surface area contributed by atoms with Gasteiger partial charge in [-0.1, -0.05) is 51.8 Å². The maximum atomic E-state index is 6.07. The summed E-state index contributed by atoms with van der Waals surface area (Å²) in [6.07, 6.45) is 0.194. The molecule has 20 heavy (non-hydrogen) atoms. The van der Waals surface area contributed by atoms with Gasteiger partial charge in [-0.15, -0.1) is 0 Å². The van der Waals surface area contributed by atoms with Gasteiger partial charge in [0, 0.05) is 5.02 Å². The van der Waals surface area contributed by atoms with Crippen LogP contribution in [0.1, 0.15) is 35.4 Å². The van der Waals surface area contributed by atoms with Crippen LogP contribution in [0.4, 0.5) is 0 Å². The zero-order valence-electron chi connectivity index (χ0n) is 11.9. The monoisotopic (exact) mass is 352 g/mol. The lowest BCUT2D eigenvalue weighted by atomic mass is 10.0. The third kappa shape index (κ3) is 3.77. The van der Waals surface area contributed by atoms with Gasteiger partial charge in [-0.2, -0.15) is 0 Å². The van der Waals surface area contributed by atoms with Crippen LogP contribution >= 0.6 is 27.5 Å². The van der Waals surface area contributed by atoms with Gasteiger partial charge in [0.05, 0.1) is 10.9 Å². The third-order valence-corrected chi connectivity index (χ3v) is 4.50. The van der Waals surface area contributed by atoms with Gasteiger partial charge in [-0.25, -0.2) is 0 Å². The highest BCUT2D eigenvalue weighted by atomic mass is 79.9. The first kappa shape index (κ1) is 15.4. The molecule has 0 aliphatic carbocycles. The van der Waals surface area contributed by atoms with Crippen LogP contribution in [0.15, 0.2) is 42.5 Å². The number of hydrogen-bond donors (Lipinski definition) is 0. The van der Waals surface area contributed by atoms with Crippen LogP contribution in [0.3, 0.4) is 0 Å². The minimum absolute atomic E-state index is 0.159. The average molecular weight is 354 g/mol. The fraction of sp³-hybridized carbons (Fsp3) is 0.294. The van der Waals surface area contributed by atoms with E-state index in [-0.39, 0.29) is 10.9 Å². The number of rotatable bonds is 4. The van der Waals surface area contributed by atoms with Crippen molar-refractivity contribution in [3.05, 3.63) is 64.2 Å². The van der Waals surface area contributed by atoms with Crippen LogP contribution < -0.4 is 4.74 Å². The number of alkyl halides is 1. The molecule has 0 spiro atoms. The fourth-order valence-electron chi connectivity index (χ4n) is 2.01. The van der Waals surface area contributed by atoms with E-state index in [2.05, 4.69) is 34.1 Å². The summed E-state index contributed by atoms with van der Waals surface area (Å²) in [5, 5.41) is 0.800. The van der Waals surface area contributed by atoms with Gasteiger partial charge in [0.25, 0.3) is 0 Å². The van der Waals surface area contributed by atoms with Crippen LogP contribution in [-0.4, -0.2) is 6.10 Å². The summed E-state index contributed by atoms with van der Waals surface area (Å²) in [5.41, 5.74) is 3.49. The van der Waals surface area contributed by atoms with Crippen molar-refractivity contribution in [1.29, 1.82) is 0 Å². The average Bonchev–Trinajstić information content (AvgIpc) is 2.41. The zero-order valence-corrected chi connectivity index (χ0v) is 14.2. The van der Waals surface area contributed by atoms with Crippen LogP contribution in [0.2, 0.25) is 5.02 Å². The lowest BCUT2D eigenvalue weighted by molar-refractivity contribution is 0.242. The smallest absolute Gasteiger partial charge is 0.119 e. The molecule has 0 amide bonds. The summed E-state index contributed by atoms with van der Waals surface area (Å²) in [7, 11) is 0. The molecule has 0 saturated heterocycles. The summed E-state index contributed by atoms with van der Waals surface area (Å²) >= 11 is 9.81. The molecule has 0 aliphatic rings. The highest BCUT2D eigenvalue weighted by molar-refractivity contribution is 9.09. The first-order valence-electron chi connectivity index (χ1n) is 6.64. The molecule has 0 saturated carbocycles. The second-order valence-electron chi connectivity index (χ2n) is 5.11. The van der Waals surface area contributed by atoms with Crippen molar-refractivity contribution in [3.63, 3.8) is 0 Å². The number of aryl methyl sites for hydroxylation is 1. The Bertz CT molecular complexity index is 578. The molecule has 3 heteroatoms. The Labute approximate surface area is 134 Å². The molecule has 0 bridgehead atoms. The van der Waals surface area contributed by atoms with Crippen molar-refractivity contribution in [2.45, 2.75) is 31.7 Å². The molecule has 106 valence electrons. The molecule has 0 fully saturated rings. The van der Waals surface area contributed by atoms with Crippen LogP contribution in [0.25, 0.3) is 0 Å². The number of ether oxygens (including phenoxy) is 1. The Kier molecular flexibility index (Phi) is 5.11. The minimum Gasteiger partial charge on any atom is -0.491 e. The van der Waals surface area contributed by atoms with Gasteiger partial charge in [0.1, 0.15) is 5.75 Å². The molecule has 0 N–H and O–H groups in total. The van der Waals surface area contributed by atoms with E-state index >= 15 is 0 Å². The molecule has 1 unspecified atom stereocenters. The third-order valence-electron chi connectivity index (χ3n) is 3.02. The zero-order chi connectivity index (χ0) is 14.7. The molecule has 0 heterocycles. The van der Waals surface area contributed by atoms with Crippen LogP contribution in [0.5, 0.6) is 5.75 Å². The summed E-state index contributed by atoms with van der Waals surface area (Å²) in [6.45, 7) is 6.07. The summed E-state index contributed by atoms with van der Waals surface area (Å²) < 4.78 is 5.66. The van der Waals surface area contributed by atoms with E-state index in [1.807, 2.05) is 45.0 Å². The van der Waals surface area contributed by atoms with E-state index in [1.54, 1.807) is 0 Å². The van der Waals surface area contributed by atoms with Gasteiger partial charge in [-0.05, 0) is 55.7 Å². The van der Waals surface area contributed by atoms with Gasteiger partial charge >= 0.3 is 0 Å². The van der Waals surface area contributed by atoms with E-state index in [0.29, 0.717) is 0 Å². The van der Waals surface area contributed by atoms with Crippen molar-refractivity contribution in [1.82, 2.24) is 0 Å². The fourth-order valence-corrected chi connectivity index (χ4v) is 2.71. The molecule has 2 rings (SSSR count). The molecule has 0 aliphatic heterocycles. The van der Waals surface area contributed by atoms with Gasteiger partial charge in [-0.3, -0.25) is 0 Å². The predicted molar refractivity (Wildman–Crippen MR) is 89.2 cm³/mol. The maximum absolute atomic E-state index is 6.07. The quantitative estimate of drug-likeness (QED) is 0.620. The highest BCUT2D eigenvalue weighted by Gasteiger charge is 2.11. The Balaban J connectivity index is 2.20. The summed E-state index contributed by atoms with van der Waals surface area (Å²) in [6, 6.07) is 14.3. The first-order valence-corrected chi connectivity index (χ1v) is 7.93. The molecule has 0 radical (unpaired) electrons. The largest absolute Gasteiger partial charge is 0.491 e. The maximum Gasteiger partial charge on any atom is 0.119 e. The van der Waals surface area contributed by atoms with Gasteiger partial charge < -0.3 is 4.74 Å². The number of halogens is 2. The van der Waals surface area contributed by atoms with Crippen molar-refractivity contribution in [2.24, 2.45) is 0 Å². The number of hydrogen-bond acceptors (Lipinski definition) is 1. The van der Waals surface area contributed by atoms with Crippen molar-refractivity contribution >= 4 is 27.5 Å². The lowest BCUT2D eigenvalue weighted by Gasteiger charge is -2.14. The van der Waals surface area contributed by atoms with E-state index in [4.69, 9.17) is 16.3 Å². The van der Waals surface area contributed by atoms with Gasteiger partial charge in [0.2, 0.25) is 0 Å². The minimum atomic E-state index is 0.159. The SMILES string of the molecule is Cc1cc(C(Br)c2ccc(OC(C)C)cc2)ccc1Cl. The van der Waals surface area contributed by atoms with Gasteiger partial charge in [0.15, 0.2) is 0 Å². The molecular formula is C17H18BrClO. The Morgan fingerprint density at radius 2 is 1.60 bits per heavy atom. The Morgan fingerprint density at radius 1 is 1.00 bits per heavy atom. The second kappa shape index (κ2) is 6.64. The lowest BCUT2D eigenvalue weighted by Crippen LogP contribution is -2.05. The normalized spacial score (nSPS) is 12.5. The summed E-state index contributed by atoms with van der Waals surface area (Å²) in [4.78, 5) is 0.159. The van der Waals surface area contributed by atoms with E-state index in [0.717, 1.165) is 16.3 Å². The Morgan fingerprint density at radius 3 is 2.15 bits per heavy atom. The van der Waals surface area contributed by atoms with Crippen LogP contribution in [-0.2, 0) is 0 Å². The Hall–Kier alpha value is -0.990. The van der Waals surface area contributed by atoms with E-state index in [9.17, 15) is 0 Å². The van der Waals surface area contributed by atoms with E-state index in [1.165, 1.54) is 11.1 Å².